The van der Waals surface area contributed by atoms with E-state index in [4.69, 9.17) is 23.8 Å². The molecule has 0 bridgehead atoms. The van der Waals surface area contributed by atoms with E-state index in [0.29, 0.717) is 16.4 Å². The van der Waals surface area contributed by atoms with Gasteiger partial charge in [0.2, 0.25) is 0 Å². The normalized spacial score (nSPS) is 15.7. The molecular formula is C21H13ClFN3O2S. The average molecular weight is 426 g/mol. The molecule has 29 heavy (non-hydrogen) atoms. The van der Waals surface area contributed by atoms with E-state index in [9.17, 15) is 14.0 Å². The van der Waals surface area contributed by atoms with Crippen LogP contribution in [0.5, 0.6) is 0 Å². The number of benzene rings is 2. The number of aromatic nitrogens is 1. The number of carbonyl (C=O) groups excluding carboxylic acids is 2. The van der Waals surface area contributed by atoms with Crippen LogP contribution in [0, 0.1) is 5.82 Å². The summed E-state index contributed by atoms with van der Waals surface area (Å²) >= 11 is 11.1. The molecule has 1 aliphatic rings. The molecule has 1 fully saturated rings. The summed E-state index contributed by atoms with van der Waals surface area (Å²) in [5, 5.41) is 3.06. The van der Waals surface area contributed by atoms with E-state index in [1.54, 1.807) is 24.3 Å². The third-order valence-corrected chi connectivity index (χ3v) is 4.90. The summed E-state index contributed by atoms with van der Waals surface area (Å²) in [6, 6.07) is 16.0. The molecule has 0 unspecified atom stereocenters. The zero-order valence-corrected chi connectivity index (χ0v) is 16.4. The Balaban J connectivity index is 1.73. The Morgan fingerprint density at radius 2 is 1.62 bits per heavy atom. The van der Waals surface area contributed by atoms with Crippen molar-refractivity contribution in [1.82, 2.24) is 9.88 Å². The molecule has 1 aliphatic heterocycles. The molecule has 0 aliphatic carbocycles. The van der Waals surface area contributed by atoms with Crippen molar-refractivity contribution in [2.75, 3.05) is 4.90 Å². The van der Waals surface area contributed by atoms with Gasteiger partial charge in [-0.25, -0.2) is 4.39 Å². The Bertz CT molecular complexity index is 1150. The van der Waals surface area contributed by atoms with Gasteiger partial charge in [0.1, 0.15) is 11.4 Å². The highest BCUT2D eigenvalue weighted by atomic mass is 35.5. The fourth-order valence-corrected chi connectivity index (χ4v) is 3.39. The topological polar surface area (TPSA) is 54.3 Å². The lowest BCUT2D eigenvalue weighted by Gasteiger charge is -2.28. The highest BCUT2D eigenvalue weighted by Gasteiger charge is 2.34. The smallest absolute Gasteiger partial charge is 0.270 e. The Morgan fingerprint density at radius 3 is 2.31 bits per heavy atom. The monoisotopic (exact) mass is 425 g/mol. The molecule has 5 nitrogen and oxygen atoms in total. The van der Waals surface area contributed by atoms with E-state index in [1.807, 2.05) is 22.9 Å². The molecule has 2 amide bonds. The molecule has 1 N–H and O–H groups in total. The van der Waals surface area contributed by atoms with Crippen molar-refractivity contribution in [3.8, 4) is 5.69 Å². The number of hydrogen-bond acceptors (Lipinski definition) is 3. The average Bonchev–Trinajstić information content (AvgIpc) is 3.15. The number of halogens is 2. The lowest BCUT2D eigenvalue weighted by molar-refractivity contribution is -0.122. The van der Waals surface area contributed by atoms with Crippen LogP contribution in [-0.4, -0.2) is 21.5 Å². The van der Waals surface area contributed by atoms with Crippen LogP contribution in [0.1, 0.15) is 5.69 Å². The van der Waals surface area contributed by atoms with Crippen molar-refractivity contribution < 1.29 is 14.0 Å². The first-order valence-corrected chi connectivity index (χ1v) is 9.33. The predicted molar refractivity (Wildman–Crippen MR) is 113 cm³/mol. The second kappa shape index (κ2) is 7.62. The second-order valence-electron chi connectivity index (χ2n) is 6.21. The van der Waals surface area contributed by atoms with Gasteiger partial charge in [-0.3, -0.25) is 19.8 Å². The molecular weight excluding hydrogens is 413 g/mol. The molecule has 2 aromatic carbocycles. The Kier molecular flexibility index (Phi) is 5.00. The summed E-state index contributed by atoms with van der Waals surface area (Å²) < 4.78 is 15.1. The molecule has 1 saturated heterocycles. The van der Waals surface area contributed by atoms with Gasteiger partial charge >= 0.3 is 0 Å². The van der Waals surface area contributed by atoms with Gasteiger partial charge in [-0.15, -0.1) is 0 Å². The van der Waals surface area contributed by atoms with Gasteiger partial charge in [0, 0.05) is 22.6 Å². The molecule has 0 atom stereocenters. The number of carbonyl (C=O) groups is 2. The number of anilines is 1. The summed E-state index contributed by atoms with van der Waals surface area (Å²) in [4.78, 5) is 26.7. The van der Waals surface area contributed by atoms with E-state index in [0.717, 1.165) is 10.6 Å². The van der Waals surface area contributed by atoms with Crippen molar-refractivity contribution in [3.05, 3.63) is 89.0 Å². The number of nitrogens with zero attached hydrogens (tertiary/aromatic N) is 2. The van der Waals surface area contributed by atoms with Gasteiger partial charge in [-0.1, -0.05) is 11.6 Å². The van der Waals surface area contributed by atoms with E-state index in [2.05, 4.69) is 5.32 Å². The maximum Gasteiger partial charge on any atom is 0.270 e. The predicted octanol–water partition coefficient (Wildman–Crippen LogP) is 4.10. The Hall–Kier alpha value is -3.29. The molecule has 8 heteroatoms. The third-order valence-electron chi connectivity index (χ3n) is 4.36. The third kappa shape index (κ3) is 3.70. The molecule has 3 aromatic rings. The standard InChI is InChI=1S/C21H13ClFN3O2S/c22-13-3-7-15(8-4-13)25-11-1-2-17(25)12-18-19(27)24-21(29)26(20(18)28)16-9-5-14(23)6-10-16/h1-12H,(H,24,27,29). The van der Waals surface area contributed by atoms with Crippen LogP contribution in [0.3, 0.4) is 0 Å². The number of hydrogen-bond donors (Lipinski definition) is 1. The minimum Gasteiger partial charge on any atom is -0.317 e. The van der Waals surface area contributed by atoms with Crippen molar-refractivity contribution in [2.45, 2.75) is 0 Å². The zero-order valence-electron chi connectivity index (χ0n) is 14.8. The maximum atomic E-state index is 13.2. The van der Waals surface area contributed by atoms with Crippen LogP contribution in [0.25, 0.3) is 11.8 Å². The van der Waals surface area contributed by atoms with Crippen LogP contribution < -0.4 is 10.2 Å². The maximum absolute atomic E-state index is 13.2. The SMILES string of the molecule is O=C1NC(=S)N(c2ccc(F)cc2)C(=O)C1=Cc1cccn1-c1ccc(Cl)cc1. The molecule has 0 saturated carbocycles. The van der Waals surface area contributed by atoms with Gasteiger partial charge in [-0.2, -0.15) is 0 Å². The Morgan fingerprint density at radius 1 is 0.966 bits per heavy atom. The molecule has 0 spiro atoms. The molecule has 2 heterocycles. The second-order valence-corrected chi connectivity index (χ2v) is 7.04. The summed E-state index contributed by atoms with van der Waals surface area (Å²) in [6.07, 6.45) is 3.30. The molecule has 4 rings (SSSR count). The fourth-order valence-electron chi connectivity index (χ4n) is 2.98. The molecule has 0 radical (unpaired) electrons. The lowest BCUT2D eigenvalue weighted by Crippen LogP contribution is -2.54. The zero-order chi connectivity index (χ0) is 20.5. The van der Waals surface area contributed by atoms with Crippen LogP contribution in [0.15, 0.2) is 72.4 Å². The van der Waals surface area contributed by atoms with Gasteiger partial charge in [-0.05, 0) is 79.0 Å². The van der Waals surface area contributed by atoms with Gasteiger partial charge < -0.3 is 4.57 Å². The first-order chi connectivity index (χ1) is 13.9. The van der Waals surface area contributed by atoms with Gasteiger partial charge in [0.05, 0.1) is 5.69 Å². The largest absolute Gasteiger partial charge is 0.317 e. The highest BCUT2D eigenvalue weighted by molar-refractivity contribution is 7.80. The van der Waals surface area contributed by atoms with E-state index >= 15 is 0 Å². The minimum absolute atomic E-state index is 0.0585. The van der Waals surface area contributed by atoms with Crippen LogP contribution in [0.2, 0.25) is 5.02 Å². The van der Waals surface area contributed by atoms with Crippen LogP contribution in [0.4, 0.5) is 10.1 Å². The quantitative estimate of drug-likeness (QED) is 0.390. The summed E-state index contributed by atoms with van der Waals surface area (Å²) in [7, 11) is 0. The molecule has 1 aromatic heterocycles. The number of amides is 2. The van der Waals surface area contributed by atoms with Crippen molar-refractivity contribution in [3.63, 3.8) is 0 Å². The summed E-state index contributed by atoms with van der Waals surface area (Å²) in [5.74, 6) is -1.62. The first-order valence-electron chi connectivity index (χ1n) is 8.54. The fraction of sp³-hybridized carbons (Fsp3) is 0. The number of nitrogens with one attached hydrogen (secondary N) is 1. The van der Waals surface area contributed by atoms with Crippen LogP contribution >= 0.6 is 23.8 Å². The highest BCUT2D eigenvalue weighted by Crippen LogP contribution is 2.24. The van der Waals surface area contributed by atoms with Crippen molar-refractivity contribution in [1.29, 1.82) is 0 Å². The van der Waals surface area contributed by atoms with Gasteiger partial charge in [0.25, 0.3) is 11.8 Å². The van der Waals surface area contributed by atoms with Crippen molar-refractivity contribution >= 4 is 52.5 Å². The summed E-state index contributed by atoms with van der Waals surface area (Å²) in [5.41, 5.74) is 1.72. The van der Waals surface area contributed by atoms with Gasteiger partial charge in [0.15, 0.2) is 5.11 Å². The minimum atomic E-state index is -0.595. The first kappa shape index (κ1) is 19.0. The lowest BCUT2D eigenvalue weighted by atomic mass is 10.1. The number of rotatable bonds is 3. The van der Waals surface area contributed by atoms with Crippen LogP contribution in [-0.2, 0) is 9.59 Å². The molecule has 144 valence electrons. The van der Waals surface area contributed by atoms with E-state index in [1.165, 1.54) is 30.3 Å². The van der Waals surface area contributed by atoms with E-state index < -0.39 is 17.6 Å². The van der Waals surface area contributed by atoms with E-state index in [-0.39, 0.29) is 10.7 Å². The Labute approximate surface area is 176 Å². The van der Waals surface area contributed by atoms with Crippen molar-refractivity contribution in [2.24, 2.45) is 0 Å². The number of thiocarbonyl (C=S) groups is 1. The summed E-state index contributed by atoms with van der Waals surface area (Å²) in [6.45, 7) is 0.